The maximum absolute atomic E-state index is 6.11. The van der Waals surface area contributed by atoms with E-state index in [9.17, 15) is 0 Å². The number of hydrogen-bond donors (Lipinski definition) is 1. The van der Waals surface area contributed by atoms with E-state index < -0.39 is 0 Å². The summed E-state index contributed by atoms with van der Waals surface area (Å²) in [4.78, 5) is 10.8. The van der Waals surface area contributed by atoms with E-state index >= 15 is 0 Å². The van der Waals surface area contributed by atoms with Crippen molar-refractivity contribution in [1.29, 1.82) is 0 Å². The molecule has 0 radical (unpaired) electrons. The predicted octanol–water partition coefficient (Wildman–Crippen LogP) is 4.93. The third-order valence-electron chi connectivity index (χ3n) is 5.11. The van der Waals surface area contributed by atoms with Crippen LogP contribution in [0.3, 0.4) is 0 Å². The molecule has 2 aromatic carbocycles. The third kappa shape index (κ3) is 2.60. The third-order valence-corrected chi connectivity index (χ3v) is 5.34. The number of hydrogen-bond acceptors (Lipinski definition) is 2. The van der Waals surface area contributed by atoms with Gasteiger partial charge in [0.15, 0.2) is 0 Å². The molecule has 0 amide bonds. The molecule has 4 heteroatoms. The number of rotatable bonds is 2. The van der Waals surface area contributed by atoms with Gasteiger partial charge < -0.3 is 4.98 Å². The van der Waals surface area contributed by atoms with Crippen LogP contribution in [0.2, 0.25) is 5.02 Å². The minimum absolute atomic E-state index is 0.727. The monoisotopic (exact) mass is 347 g/mol. The zero-order chi connectivity index (χ0) is 16.8. The van der Waals surface area contributed by atoms with E-state index in [0.29, 0.717) is 0 Å². The fourth-order valence-corrected chi connectivity index (χ4v) is 4.03. The first-order valence-corrected chi connectivity index (χ1v) is 9.00. The molecule has 25 heavy (non-hydrogen) atoms. The summed E-state index contributed by atoms with van der Waals surface area (Å²) in [5, 5.41) is 3.11. The van der Waals surface area contributed by atoms with Crippen molar-refractivity contribution < 1.29 is 0 Å². The molecule has 1 aliphatic rings. The number of pyridine rings is 1. The molecule has 0 unspecified atom stereocenters. The minimum Gasteiger partial charge on any atom is -0.357 e. The lowest BCUT2D eigenvalue weighted by atomic mass is 10.0. The van der Waals surface area contributed by atoms with Crippen molar-refractivity contribution in [3.63, 3.8) is 0 Å². The van der Waals surface area contributed by atoms with Gasteiger partial charge >= 0.3 is 0 Å². The summed E-state index contributed by atoms with van der Waals surface area (Å²) in [6.07, 6.45) is 3.04. The molecule has 0 bridgehead atoms. The zero-order valence-corrected chi connectivity index (χ0v) is 14.6. The van der Waals surface area contributed by atoms with Crippen LogP contribution in [0.1, 0.15) is 16.8 Å². The van der Waals surface area contributed by atoms with Gasteiger partial charge in [0, 0.05) is 53.7 Å². The summed E-state index contributed by atoms with van der Waals surface area (Å²) in [5.74, 6) is 0. The van der Waals surface area contributed by atoms with Crippen LogP contribution >= 0.6 is 11.6 Å². The number of benzene rings is 2. The quantitative estimate of drug-likeness (QED) is 0.557. The molecular weight excluding hydrogens is 330 g/mol. The minimum atomic E-state index is 0.727. The smallest absolute Gasteiger partial charge is 0.0738 e. The molecule has 0 fully saturated rings. The Kier molecular flexibility index (Phi) is 3.51. The van der Waals surface area contributed by atoms with Gasteiger partial charge in [0.25, 0.3) is 0 Å². The number of nitrogens with zero attached hydrogens (tertiary/aromatic N) is 2. The molecule has 2 aromatic heterocycles. The van der Waals surface area contributed by atoms with Crippen molar-refractivity contribution in [1.82, 2.24) is 14.9 Å². The number of aromatic amines is 1. The average molecular weight is 348 g/mol. The highest BCUT2D eigenvalue weighted by molar-refractivity contribution is 6.31. The summed E-state index contributed by atoms with van der Waals surface area (Å²) < 4.78 is 0. The van der Waals surface area contributed by atoms with Crippen molar-refractivity contribution in [3.05, 3.63) is 76.6 Å². The molecule has 3 nitrogen and oxygen atoms in total. The highest BCUT2D eigenvalue weighted by Gasteiger charge is 2.21. The number of aromatic nitrogens is 2. The lowest BCUT2D eigenvalue weighted by Crippen LogP contribution is -2.29. The maximum Gasteiger partial charge on any atom is 0.0738 e. The Balaban J connectivity index is 1.55. The lowest BCUT2D eigenvalue weighted by Gasteiger charge is -2.27. The SMILES string of the molecule is Clc1ccc2c(c1)ncc1c3c([nH]c12)CCN(Cc1ccccc1)C3. The van der Waals surface area contributed by atoms with E-state index in [-0.39, 0.29) is 0 Å². The van der Waals surface area contributed by atoms with Crippen LogP contribution in [0.25, 0.3) is 21.8 Å². The van der Waals surface area contributed by atoms with Crippen LogP contribution in [-0.4, -0.2) is 21.4 Å². The Labute approximate surface area is 151 Å². The van der Waals surface area contributed by atoms with Crippen LogP contribution < -0.4 is 0 Å². The van der Waals surface area contributed by atoms with Crippen molar-refractivity contribution in [2.45, 2.75) is 19.5 Å². The predicted molar refractivity (Wildman–Crippen MR) is 103 cm³/mol. The topological polar surface area (TPSA) is 31.9 Å². The van der Waals surface area contributed by atoms with Crippen LogP contribution in [0.15, 0.2) is 54.7 Å². The summed E-state index contributed by atoms with van der Waals surface area (Å²) in [5.41, 5.74) is 6.24. The molecule has 0 atom stereocenters. The molecule has 0 spiro atoms. The number of nitrogens with one attached hydrogen (secondary N) is 1. The molecule has 0 saturated heterocycles. The molecule has 0 aliphatic carbocycles. The van der Waals surface area contributed by atoms with Gasteiger partial charge in [-0.15, -0.1) is 0 Å². The van der Waals surface area contributed by atoms with Crippen molar-refractivity contribution in [2.75, 3.05) is 6.54 Å². The normalized spacial score (nSPS) is 14.9. The van der Waals surface area contributed by atoms with E-state index in [0.717, 1.165) is 42.0 Å². The molecule has 1 aliphatic heterocycles. The zero-order valence-electron chi connectivity index (χ0n) is 13.8. The summed E-state index contributed by atoms with van der Waals surface area (Å²) in [6.45, 7) is 3.03. The first kappa shape index (κ1) is 14.9. The van der Waals surface area contributed by atoms with Gasteiger partial charge in [-0.2, -0.15) is 0 Å². The molecule has 4 aromatic rings. The van der Waals surface area contributed by atoms with Crippen molar-refractivity contribution in [2.24, 2.45) is 0 Å². The Bertz CT molecular complexity index is 1070. The lowest BCUT2D eigenvalue weighted by molar-refractivity contribution is 0.245. The summed E-state index contributed by atoms with van der Waals surface area (Å²) >= 11 is 6.11. The standard InChI is InChI=1S/C21H18ClN3/c22-15-6-7-16-20(10-15)23-11-17-18-13-25(9-8-19(18)24-21(16)17)12-14-4-2-1-3-5-14/h1-7,10-11,24H,8-9,12-13H2. The first-order chi connectivity index (χ1) is 12.3. The highest BCUT2D eigenvalue weighted by atomic mass is 35.5. The fourth-order valence-electron chi connectivity index (χ4n) is 3.86. The van der Waals surface area contributed by atoms with Gasteiger partial charge in [-0.3, -0.25) is 9.88 Å². The van der Waals surface area contributed by atoms with Gasteiger partial charge in [0.05, 0.1) is 11.0 Å². The summed E-state index contributed by atoms with van der Waals surface area (Å²) in [7, 11) is 0. The van der Waals surface area contributed by atoms with Crippen LogP contribution in [0, 0.1) is 0 Å². The Morgan fingerprint density at radius 3 is 2.84 bits per heavy atom. The maximum atomic E-state index is 6.11. The Morgan fingerprint density at radius 2 is 1.96 bits per heavy atom. The fraction of sp³-hybridized carbons (Fsp3) is 0.190. The van der Waals surface area contributed by atoms with Crippen LogP contribution in [0.5, 0.6) is 0 Å². The van der Waals surface area contributed by atoms with Crippen LogP contribution in [0.4, 0.5) is 0 Å². The number of halogens is 1. The van der Waals surface area contributed by atoms with Gasteiger partial charge in [-0.25, -0.2) is 0 Å². The Morgan fingerprint density at radius 1 is 1.08 bits per heavy atom. The van der Waals surface area contributed by atoms with Gasteiger partial charge in [-0.1, -0.05) is 41.9 Å². The largest absolute Gasteiger partial charge is 0.357 e. The van der Waals surface area contributed by atoms with Gasteiger partial charge in [0.2, 0.25) is 0 Å². The molecule has 124 valence electrons. The molecule has 3 heterocycles. The van der Waals surface area contributed by atoms with Gasteiger partial charge in [0.1, 0.15) is 0 Å². The molecule has 1 N–H and O–H groups in total. The number of H-pyrrole nitrogens is 1. The van der Waals surface area contributed by atoms with E-state index in [1.165, 1.54) is 27.7 Å². The average Bonchev–Trinajstić information content (AvgIpc) is 3.00. The van der Waals surface area contributed by atoms with Gasteiger partial charge in [-0.05, 0) is 29.3 Å². The Hall–Kier alpha value is -2.36. The second-order valence-electron chi connectivity index (χ2n) is 6.74. The van der Waals surface area contributed by atoms with Crippen molar-refractivity contribution >= 4 is 33.4 Å². The highest BCUT2D eigenvalue weighted by Crippen LogP contribution is 2.32. The van der Waals surface area contributed by atoms with Crippen LogP contribution in [-0.2, 0) is 19.5 Å². The van der Waals surface area contributed by atoms with E-state index in [2.05, 4.69) is 51.3 Å². The van der Waals surface area contributed by atoms with E-state index in [1.807, 2.05) is 18.3 Å². The van der Waals surface area contributed by atoms with E-state index in [4.69, 9.17) is 11.6 Å². The molecular formula is C21H18ClN3. The van der Waals surface area contributed by atoms with E-state index in [1.54, 1.807) is 0 Å². The molecule has 0 saturated carbocycles. The number of fused-ring (bicyclic) bond motifs is 5. The summed E-state index contributed by atoms with van der Waals surface area (Å²) in [6, 6.07) is 16.6. The second kappa shape index (κ2) is 5.87. The second-order valence-corrected chi connectivity index (χ2v) is 7.17. The first-order valence-electron chi connectivity index (χ1n) is 8.62. The molecule has 5 rings (SSSR count). The van der Waals surface area contributed by atoms with Crippen molar-refractivity contribution in [3.8, 4) is 0 Å².